The zero-order chi connectivity index (χ0) is 13.1. The van der Waals surface area contributed by atoms with Gasteiger partial charge in [0.2, 0.25) is 0 Å². The van der Waals surface area contributed by atoms with Gasteiger partial charge in [-0.2, -0.15) is 0 Å². The van der Waals surface area contributed by atoms with Crippen LogP contribution in [0.25, 0.3) is 11.1 Å². The Bertz CT molecular complexity index is 522. The minimum Gasteiger partial charge on any atom is -0.369 e. The first-order chi connectivity index (χ1) is 9.33. The topological polar surface area (TPSA) is 15.3 Å². The van der Waals surface area contributed by atoms with Crippen LogP contribution in [0.5, 0.6) is 0 Å². The lowest BCUT2D eigenvalue weighted by Crippen LogP contribution is -2.43. The number of aryl methyl sites for hydroxylation is 1. The second-order valence-corrected chi connectivity index (χ2v) is 5.15. The maximum atomic E-state index is 3.39. The molecule has 98 valence electrons. The highest BCUT2D eigenvalue weighted by Gasteiger charge is 2.09. The molecule has 1 aliphatic heterocycles. The third-order valence-corrected chi connectivity index (χ3v) is 3.73. The van der Waals surface area contributed by atoms with E-state index >= 15 is 0 Å². The summed E-state index contributed by atoms with van der Waals surface area (Å²) in [6, 6.07) is 17.6. The SMILES string of the molecule is Cc1ccc(-c2ccc(N3CCNCC3)cc2)cc1. The summed E-state index contributed by atoms with van der Waals surface area (Å²) >= 11 is 0. The minimum atomic E-state index is 1.08. The smallest absolute Gasteiger partial charge is 0.0367 e. The molecule has 0 amide bonds. The third-order valence-electron chi connectivity index (χ3n) is 3.73. The zero-order valence-electron chi connectivity index (χ0n) is 11.4. The average molecular weight is 252 g/mol. The lowest BCUT2D eigenvalue weighted by Gasteiger charge is -2.29. The summed E-state index contributed by atoms with van der Waals surface area (Å²) in [7, 11) is 0. The Balaban J connectivity index is 1.80. The molecule has 0 radical (unpaired) electrons. The number of piperazine rings is 1. The summed E-state index contributed by atoms with van der Waals surface area (Å²) in [6.45, 7) is 6.49. The highest BCUT2D eigenvalue weighted by Crippen LogP contribution is 2.23. The van der Waals surface area contributed by atoms with E-state index in [0.717, 1.165) is 26.2 Å². The molecule has 0 aromatic heterocycles. The molecular formula is C17H20N2. The maximum Gasteiger partial charge on any atom is 0.0367 e. The quantitative estimate of drug-likeness (QED) is 0.883. The van der Waals surface area contributed by atoms with Crippen LogP contribution in [-0.2, 0) is 0 Å². The Morgan fingerprint density at radius 1 is 0.789 bits per heavy atom. The second-order valence-electron chi connectivity index (χ2n) is 5.15. The second kappa shape index (κ2) is 5.45. The van der Waals surface area contributed by atoms with Gasteiger partial charge in [-0.1, -0.05) is 42.0 Å². The molecule has 1 fully saturated rings. The van der Waals surface area contributed by atoms with Gasteiger partial charge in [-0.3, -0.25) is 0 Å². The molecule has 2 aromatic rings. The fourth-order valence-corrected chi connectivity index (χ4v) is 2.53. The summed E-state index contributed by atoms with van der Waals surface area (Å²) < 4.78 is 0. The minimum absolute atomic E-state index is 1.08. The van der Waals surface area contributed by atoms with Gasteiger partial charge < -0.3 is 10.2 Å². The molecule has 1 aliphatic rings. The average Bonchev–Trinajstić information content (AvgIpc) is 2.49. The van der Waals surface area contributed by atoms with E-state index in [-0.39, 0.29) is 0 Å². The van der Waals surface area contributed by atoms with Crippen LogP contribution in [0.4, 0.5) is 5.69 Å². The van der Waals surface area contributed by atoms with Crippen molar-refractivity contribution < 1.29 is 0 Å². The van der Waals surface area contributed by atoms with Crippen molar-refractivity contribution in [1.29, 1.82) is 0 Å². The molecule has 2 nitrogen and oxygen atoms in total. The predicted octanol–water partition coefficient (Wildman–Crippen LogP) is 3.07. The van der Waals surface area contributed by atoms with E-state index in [1.54, 1.807) is 0 Å². The number of nitrogens with one attached hydrogen (secondary N) is 1. The molecule has 0 bridgehead atoms. The summed E-state index contributed by atoms with van der Waals surface area (Å²) in [5.74, 6) is 0. The summed E-state index contributed by atoms with van der Waals surface area (Å²) in [4.78, 5) is 2.44. The van der Waals surface area contributed by atoms with Crippen LogP contribution in [0.1, 0.15) is 5.56 Å². The number of benzene rings is 2. The van der Waals surface area contributed by atoms with Crippen LogP contribution < -0.4 is 10.2 Å². The zero-order valence-corrected chi connectivity index (χ0v) is 11.4. The van der Waals surface area contributed by atoms with Gasteiger partial charge in [0.1, 0.15) is 0 Å². The van der Waals surface area contributed by atoms with Crippen molar-refractivity contribution >= 4 is 5.69 Å². The van der Waals surface area contributed by atoms with E-state index in [1.165, 1.54) is 22.4 Å². The van der Waals surface area contributed by atoms with Gasteiger partial charge in [0.15, 0.2) is 0 Å². The molecule has 0 saturated carbocycles. The first-order valence-electron chi connectivity index (χ1n) is 6.96. The van der Waals surface area contributed by atoms with Crippen molar-refractivity contribution in [2.24, 2.45) is 0 Å². The predicted molar refractivity (Wildman–Crippen MR) is 81.7 cm³/mol. The van der Waals surface area contributed by atoms with Gasteiger partial charge in [-0.05, 0) is 30.2 Å². The molecule has 1 saturated heterocycles. The van der Waals surface area contributed by atoms with Gasteiger partial charge in [0.25, 0.3) is 0 Å². The Morgan fingerprint density at radius 2 is 1.32 bits per heavy atom. The molecule has 3 rings (SSSR count). The van der Waals surface area contributed by atoms with E-state index in [1.807, 2.05) is 0 Å². The standard InChI is InChI=1S/C17H20N2/c1-14-2-4-15(5-3-14)16-6-8-17(9-7-16)19-12-10-18-11-13-19/h2-9,18H,10-13H2,1H3. The largest absolute Gasteiger partial charge is 0.369 e. The van der Waals surface area contributed by atoms with Crippen LogP contribution in [0, 0.1) is 6.92 Å². The van der Waals surface area contributed by atoms with Crippen molar-refractivity contribution in [1.82, 2.24) is 5.32 Å². The molecule has 1 N–H and O–H groups in total. The van der Waals surface area contributed by atoms with Crippen LogP contribution >= 0.6 is 0 Å². The fourth-order valence-electron chi connectivity index (χ4n) is 2.53. The lowest BCUT2D eigenvalue weighted by atomic mass is 10.0. The van der Waals surface area contributed by atoms with Crippen LogP contribution in [0.2, 0.25) is 0 Å². The Kier molecular flexibility index (Phi) is 3.51. The van der Waals surface area contributed by atoms with E-state index < -0.39 is 0 Å². The van der Waals surface area contributed by atoms with Crippen molar-refractivity contribution in [3.05, 3.63) is 54.1 Å². The molecule has 0 unspecified atom stereocenters. The Morgan fingerprint density at radius 3 is 1.89 bits per heavy atom. The number of rotatable bonds is 2. The molecule has 1 heterocycles. The van der Waals surface area contributed by atoms with E-state index in [0.29, 0.717) is 0 Å². The normalized spacial score (nSPS) is 15.5. The number of hydrogen-bond donors (Lipinski definition) is 1. The molecule has 2 heteroatoms. The molecule has 0 atom stereocenters. The Labute approximate surface area is 115 Å². The summed E-state index contributed by atoms with van der Waals surface area (Å²) in [6.07, 6.45) is 0. The van der Waals surface area contributed by atoms with Crippen LogP contribution in [0.3, 0.4) is 0 Å². The third kappa shape index (κ3) is 2.79. The monoisotopic (exact) mass is 252 g/mol. The van der Waals surface area contributed by atoms with Crippen molar-refractivity contribution in [3.8, 4) is 11.1 Å². The van der Waals surface area contributed by atoms with Gasteiger partial charge in [0.05, 0.1) is 0 Å². The Hall–Kier alpha value is -1.80. The first-order valence-corrected chi connectivity index (χ1v) is 6.96. The van der Waals surface area contributed by atoms with Crippen molar-refractivity contribution in [2.45, 2.75) is 6.92 Å². The van der Waals surface area contributed by atoms with E-state index in [4.69, 9.17) is 0 Å². The maximum absolute atomic E-state index is 3.39. The number of nitrogens with zero attached hydrogens (tertiary/aromatic N) is 1. The van der Waals surface area contributed by atoms with Crippen LogP contribution in [0.15, 0.2) is 48.5 Å². The summed E-state index contributed by atoms with van der Waals surface area (Å²) in [5.41, 5.74) is 5.22. The van der Waals surface area contributed by atoms with Gasteiger partial charge in [-0.25, -0.2) is 0 Å². The highest BCUT2D eigenvalue weighted by atomic mass is 15.2. The van der Waals surface area contributed by atoms with Crippen molar-refractivity contribution in [3.63, 3.8) is 0 Å². The molecule has 19 heavy (non-hydrogen) atoms. The molecule has 2 aromatic carbocycles. The van der Waals surface area contributed by atoms with E-state index in [9.17, 15) is 0 Å². The first kappa shape index (κ1) is 12.2. The van der Waals surface area contributed by atoms with Crippen molar-refractivity contribution in [2.75, 3.05) is 31.1 Å². The van der Waals surface area contributed by atoms with E-state index in [2.05, 4.69) is 65.7 Å². The lowest BCUT2D eigenvalue weighted by molar-refractivity contribution is 0.589. The molecule has 0 spiro atoms. The summed E-state index contributed by atoms with van der Waals surface area (Å²) in [5, 5.41) is 3.39. The van der Waals surface area contributed by atoms with Crippen LogP contribution in [-0.4, -0.2) is 26.2 Å². The number of hydrogen-bond acceptors (Lipinski definition) is 2. The fraction of sp³-hybridized carbons (Fsp3) is 0.294. The van der Waals surface area contributed by atoms with Gasteiger partial charge in [-0.15, -0.1) is 0 Å². The molecular weight excluding hydrogens is 232 g/mol. The van der Waals surface area contributed by atoms with Gasteiger partial charge in [0, 0.05) is 31.9 Å². The molecule has 0 aliphatic carbocycles. The van der Waals surface area contributed by atoms with Gasteiger partial charge >= 0.3 is 0 Å². The number of anilines is 1. The highest BCUT2D eigenvalue weighted by molar-refractivity contribution is 5.66.